The van der Waals surface area contributed by atoms with Crippen LogP contribution in [-0.2, 0) is 0 Å². The Hall–Kier alpha value is 0.620. The summed E-state index contributed by atoms with van der Waals surface area (Å²) >= 11 is 4.25. The fourth-order valence-electron chi connectivity index (χ4n) is 3.20. The first-order valence-corrected chi connectivity index (χ1v) is 7.31. The number of nitrogens with two attached hydrogens (primary N) is 1. The van der Waals surface area contributed by atoms with E-state index >= 15 is 0 Å². The fraction of sp³-hybridized carbons (Fsp3) is 1.00. The third-order valence-corrected chi connectivity index (χ3v) is 5.32. The number of hydrogen-bond donors (Lipinski definition) is 2. The number of thiol groups is 1. The monoisotopic (exact) mass is 232 g/mol. The van der Waals surface area contributed by atoms with Crippen molar-refractivity contribution in [1.82, 2.24) is 4.31 Å². The molecule has 2 nitrogen and oxygen atoms in total. The Morgan fingerprint density at radius 3 is 2.50 bits per heavy atom. The molecule has 1 aliphatic heterocycles. The maximum Gasteiger partial charge on any atom is 0.0103 e. The van der Waals surface area contributed by atoms with Crippen LogP contribution in [0.3, 0.4) is 0 Å². The smallest absolute Gasteiger partial charge is 0.0103 e. The summed E-state index contributed by atoms with van der Waals surface area (Å²) in [5.74, 6) is 0.834. The van der Waals surface area contributed by atoms with Gasteiger partial charge in [-0.25, -0.2) is 4.31 Å². The van der Waals surface area contributed by atoms with Crippen LogP contribution in [0.15, 0.2) is 0 Å². The lowest BCUT2D eigenvalue weighted by Crippen LogP contribution is -2.44. The van der Waals surface area contributed by atoms with Crippen LogP contribution in [0.4, 0.5) is 0 Å². The first-order chi connectivity index (χ1) is 6.66. The summed E-state index contributed by atoms with van der Waals surface area (Å²) in [5.41, 5.74) is 6.75. The Kier molecular flexibility index (Phi) is 3.37. The van der Waals surface area contributed by atoms with Crippen molar-refractivity contribution in [1.29, 1.82) is 0 Å². The molecule has 2 fully saturated rings. The number of nitrogens with zero attached hydrogens (tertiary/aromatic N) is 1. The minimum absolute atomic E-state index is 0.449. The highest BCUT2D eigenvalue weighted by Gasteiger charge is 2.45. The third-order valence-electron chi connectivity index (χ3n) is 4.03. The summed E-state index contributed by atoms with van der Waals surface area (Å²) in [6, 6.07) is 0.449. The summed E-state index contributed by atoms with van der Waals surface area (Å²) in [6.07, 6.45) is 5.12. The van der Waals surface area contributed by atoms with Crippen LogP contribution in [0, 0.1) is 11.3 Å². The molecular weight excluding hydrogens is 212 g/mol. The minimum Gasteiger partial charge on any atom is -0.327 e. The van der Waals surface area contributed by atoms with Crippen LogP contribution in [0.5, 0.6) is 0 Å². The Bertz CT molecular complexity index is 202. The fourth-order valence-corrected chi connectivity index (χ4v) is 4.04. The molecule has 0 aromatic carbocycles. The average Bonchev–Trinajstić information content (AvgIpc) is 2.43. The molecule has 0 aromatic heterocycles. The molecule has 0 aromatic rings. The van der Waals surface area contributed by atoms with Crippen LogP contribution < -0.4 is 5.73 Å². The first kappa shape index (κ1) is 11.1. The molecule has 82 valence electrons. The van der Waals surface area contributed by atoms with Gasteiger partial charge in [0.2, 0.25) is 0 Å². The topological polar surface area (TPSA) is 29.3 Å². The van der Waals surface area contributed by atoms with Crippen molar-refractivity contribution in [3.05, 3.63) is 0 Å². The standard InChI is InChI=1S/C10H20N2S2/c1-8-6-9(11)10(7-8)2-4-12(14-13)5-3-10/h8-9,13H,2-7,11H2,1H3/t8?,9-/m1/s1. The predicted octanol–water partition coefficient (Wildman–Crippen LogP) is 2.32. The van der Waals surface area contributed by atoms with Gasteiger partial charge in [0.25, 0.3) is 0 Å². The van der Waals surface area contributed by atoms with E-state index in [4.69, 9.17) is 5.73 Å². The van der Waals surface area contributed by atoms with Gasteiger partial charge in [0.1, 0.15) is 0 Å². The van der Waals surface area contributed by atoms with Crippen molar-refractivity contribution in [2.75, 3.05) is 13.1 Å². The molecule has 0 amide bonds. The second-order valence-corrected chi connectivity index (χ2v) is 6.19. The van der Waals surface area contributed by atoms with E-state index in [9.17, 15) is 0 Å². The van der Waals surface area contributed by atoms with E-state index in [-0.39, 0.29) is 0 Å². The highest BCUT2D eigenvalue weighted by Crippen LogP contribution is 2.48. The lowest BCUT2D eigenvalue weighted by atomic mass is 9.74. The molecule has 2 atom stereocenters. The molecular formula is C10H20N2S2. The van der Waals surface area contributed by atoms with Gasteiger partial charge in [0, 0.05) is 19.1 Å². The molecule has 4 heteroatoms. The molecule has 1 heterocycles. The van der Waals surface area contributed by atoms with E-state index < -0.39 is 0 Å². The molecule has 1 aliphatic carbocycles. The van der Waals surface area contributed by atoms with Crippen LogP contribution in [-0.4, -0.2) is 23.4 Å². The molecule has 2 aliphatic rings. The largest absolute Gasteiger partial charge is 0.327 e. The molecule has 1 saturated carbocycles. The maximum absolute atomic E-state index is 6.28. The summed E-state index contributed by atoms with van der Waals surface area (Å²) in [4.78, 5) is 0. The molecule has 2 N–H and O–H groups in total. The number of hydrogen-bond acceptors (Lipinski definition) is 4. The van der Waals surface area contributed by atoms with Crippen LogP contribution in [0.25, 0.3) is 0 Å². The van der Waals surface area contributed by atoms with Gasteiger partial charge < -0.3 is 5.73 Å². The summed E-state index contributed by atoms with van der Waals surface area (Å²) in [6.45, 7) is 4.66. The molecule has 1 saturated heterocycles. The minimum atomic E-state index is 0.449. The zero-order valence-corrected chi connectivity index (χ0v) is 10.5. The quantitative estimate of drug-likeness (QED) is 0.413. The van der Waals surface area contributed by atoms with Gasteiger partial charge in [-0.15, -0.1) is 0 Å². The Balaban J connectivity index is 1.98. The third kappa shape index (κ3) is 1.94. The van der Waals surface area contributed by atoms with Gasteiger partial charge in [-0.3, -0.25) is 0 Å². The van der Waals surface area contributed by atoms with Gasteiger partial charge in [-0.2, -0.15) is 0 Å². The normalized spacial score (nSPS) is 37.9. The van der Waals surface area contributed by atoms with E-state index in [0.717, 1.165) is 19.0 Å². The van der Waals surface area contributed by atoms with Crippen molar-refractivity contribution in [2.24, 2.45) is 17.1 Å². The van der Waals surface area contributed by atoms with E-state index in [0.29, 0.717) is 11.5 Å². The van der Waals surface area contributed by atoms with Gasteiger partial charge in [-0.1, -0.05) is 18.6 Å². The summed E-state index contributed by atoms with van der Waals surface area (Å²) in [7, 11) is 1.58. The molecule has 0 radical (unpaired) electrons. The van der Waals surface area contributed by atoms with Gasteiger partial charge in [0.05, 0.1) is 0 Å². The van der Waals surface area contributed by atoms with Crippen molar-refractivity contribution < 1.29 is 0 Å². The van der Waals surface area contributed by atoms with Gasteiger partial charge in [-0.05, 0) is 48.0 Å². The Labute approximate surface area is 95.9 Å². The highest BCUT2D eigenvalue weighted by molar-refractivity contribution is 8.67. The number of rotatable bonds is 1. The Morgan fingerprint density at radius 2 is 2.07 bits per heavy atom. The predicted molar refractivity (Wildman–Crippen MR) is 66.2 cm³/mol. The van der Waals surface area contributed by atoms with E-state index in [1.165, 1.54) is 25.7 Å². The molecule has 0 bridgehead atoms. The van der Waals surface area contributed by atoms with Crippen LogP contribution in [0.2, 0.25) is 0 Å². The van der Waals surface area contributed by atoms with Crippen molar-refractivity contribution >= 4 is 22.6 Å². The van der Waals surface area contributed by atoms with Crippen molar-refractivity contribution in [3.63, 3.8) is 0 Å². The van der Waals surface area contributed by atoms with E-state index in [1.54, 1.807) is 11.0 Å². The van der Waals surface area contributed by atoms with E-state index in [2.05, 4.69) is 22.9 Å². The summed E-state index contributed by atoms with van der Waals surface area (Å²) < 4.78 is 2.34. The zero-order valence-electron chi connectivity index (χ0n) is 8.78. The second kappa shape index (κ2) is 4.24. The maximum atomic E-state index is 6.28. The average molecular weight is 232 g/mol. The second-order valence-electron chi connectivity index (χ2n) is 5.02. The molecule has 14 heavy (non-hydrogen) atoms. The Morgan fingerprint density at radius 1 is 1.43 bits per heavy atom. The van der Waals surface area contributed by atoms with Gasteiger partial charge in [0.15, 0.2) is 0 Å². The van der Waals surface area contributed by atoms with Gasteiger partial charge >= 0.3 is 0 Å². The highest BCUT2D eigenvalue weighted by atomic mass is 33.1. The van der Waals surface area contributed by atoms with Crippen molar-refractivity contribution in [2.45, 2.75) is 38.6 Å². The lowest BCUT2D eigenvalue weighted by molar-refractivity contribution is 0.144. The molecule has 1 unspecified atom stereocenters. The number of piperidine rings is 1. The summed E-state index contributed by atoms with van der Waals surface area (Å²) in [5, 5.41) is 0. The van der Waals surface area contributed by atoms with Crippen molar-refractivity contribution in [3.8, 4) is 0 Å². The SMILES string of the molecule is CC1C[C@@H](N)C2(CCN(SS)CC2)C1. The molecule has 2 rings (SSSR count). The molecule has 1 spiro atoms. The zero-order chi connectivity index (χ0) is 10.2. The van der Waals surface area contributed by atoms with E-state index in [1.807, 2.05) is 0 Å². The van der Waals surface area contributed by atoms with Crippen LogP contribution >= 0.6 is 22.6 Å². The van der Waals surface area contributed by atoms with Crippen LogP contribution in [0.1, 0.15) is 32.6 Å². The lowest BCUT2D eigenvalue weighted by Gasteiger charge is -2.41. The first-order valence-electron chi connectivity index (χ1n) is 5.48.